The molecule has 4 rings (SSSR count). The Morgan fingerprint density at radius 3 is 2.69 bits per heavy atom. The molecular weight excluding hydrogens is 368 g/mol. The molecule has 0 fully saturated rings. The van der Waals surface area contributed by atoms with E-state index in [2.05, 4.69) is 30.6 Å². The Kier molecular flexibility index (Phi) is 4.82. The molecular formula is C21H20N6O2. The second kappa shape index (κ2) is 7.59. The number of para-hydroxylation sites is 2. The quantitative estimate of drug-likeness (QED) is 0.420. The molecule has 8 heteroatoms. The van der Waals surface area contributed by atoms with Crippen LogP contribution in [0, 0.1) is 13.8 Å². The number of imidazole rings is 2. The number of fused-ring (bicyclic) bond motifs is 1. The molecule has 4 aromatic rings. The second-order valence-corrected chi connectivity index (χ2v) is 6.78. The van der Waals surface area contributed by atoms with Gasteiger partial charge in [0.1, 0.15) is 11.5 Å². The van der Waals surface area contributed by atoms with Gasteiger partial charge in [0.25, 0.3) is 11.8 Å². The maximum Gasteiger partial charge on any atom is 0.276 e. The summed E-state index contributed by atoms with van der Waals surface area (Å²) < 4.78 is 0. The van der Waals surface area contributed by atoms with E-state index in [1.54, 1.807) is 0 Å². The molecule has 8 nitrogen and oxygen atoms in total. The van der Waals surface area contributed by atoms with Gasteiger partial charge in [0, 0.05) is 5.69 Å². The molecule has 2 aromatic carbocycles. The van der Waals surface area contributed by atoms with Crippen molar-refractivity contribution in [2.24, 2.45) is 0 Å². The average molecular weight is 388 g/mol. The highest BCUT2D eigenvalue weighted by molar-refractivity contribution is 6.10. The first-order valence-corrected chi connectivity index (χ1v) is 9.15. The predicted molar refractivity (Wildman–Crippen MR) is 110 cm³/mol. The fraction of sp³-hybridized carbons (Fsp3) is 0.143. The monoisotopic (exact) mass is 388 g/mol. The first-order chi connectivity index (χ1) is 14.0. The highest BCUT2D eigenvalue weighted by Crippen LogP contribution is 2.17. The molecule has 0 saturated heterocycles. The summed E-state index contributed by atoms with van der Waals surface area (Å²) in [5.41, 5.74) is 4.57. The molecule has 0 aliphatic heterocycles. The van der Waals surface area contributed by atoms with Gasteiger partial charge in [-0.05, 0) is 37.6 Å². The third kappa shape index (κ3) is 3.86. The maximum atomic E-state index is 12.6. The lowest BCUT2D eigenvalue weighted by Crippen LogP contribution is -2.27. The Morgan fingerprint density at radius 1 is 1.07 bits per heavy atom. The molecule has 2 amide bonds. The van der Waals surface area contributed by atoms with Gasteiger partial charge in [-0.2, -0.15) is 0 Å². The first-order valence-electron chi connectivity index (χ1n) is 9.15. The van der Waals surface area contributed by atoms with Crippen LogP contribution in [0.15, 0.2) is 48.8 Å². The number of H-pyrrole nitrogens is 2. The first kappa shape index (κ1) is 18.4. The van der Waals surface area contributed by atoms with Crippen LogP contribution in [0.5, 0.6) is 0 Å². The number of hydrogen-bond acceptors (Lipinski definition) is 4. The van der Waals surface area contributed by atoms with Crippen LogP contribution in [0.3, 0.4) is 0 Å². The van der Waals surface area contributed by atoms with Crippen LogP contribution in [0.1, 0.15) is 37.9 Å². The van der Waals surface area contributed by atoms with Gasteiger partial charge in [-0.1, -0.05) is 29.8 Å². The van der Waals surface area contributed by atoms with Crippen molar-refractivity contribution in [3.63, 3.8) is 0 Å². The molecule has 0 spiro atoms. The smallest absolute Gasteiger partial charge is 0.276 e. The second-order valence-electron chi connectivity index (χ2n) is 6.78. The summed E-state index contributed by atoms with van der Waals surface area (Å²) in [6, 6.07) is 13.3. The summed E-state index contributed by atoms with van der Waals surface area (Å²) in [6.07, 6.45) is 1.33. The van der Waals surface area contributed by atoms with E-state index in [4.69, 9.17) is 0 Å². The number of hydrogen-bond donors (Lipinski definition) is 4. The number of aryl methyl sites for hydroxylation is 2. The molecule has 146 valence electrons. The number of aromatic nitrogens is 4. The Bertz CT molecular complexity index is 1170. The van der Waals surface area contributed by atoms with Gasteiger partial charge >= 0.3 is 0 Å². The van der Waals surface area contributed by atoms with Crippen LogP contribution in [0.2, 0.25) is 0 Å². The molecule has 2 aromatic heterocycles. The number of aromatic amines is 2. The van der Waals surface area contributed by atoms with Crippen molar-refractivity contribution in [2.45, 2.75) is 20.4 Å². The van der Waals surface area contributed by atoms with Gasteiger partial charge in [0.05, 0.1) is 23.9 Å². The van der Waals surface area contributed by atoms with E-state index in [1.807, 2.05) is 56.3 Å². The predicted octanol–water partition coefficient (Wildman–Crippen LogP) is 3.09. The Balaban J connectivity index is 1.46. The van der Waals surface area contributed by atoms with Gasteiger partial charge in [0.2, 0.25) is 0 Å². The average Bonchev–Trinajstić information content (AvgIpc) is 3.35. The number of amides is 2. The van der Waals surface area contributed by atoms with E-state index >= 15 is 0 Å². The highest BCUT2D eigenvalue weighted by atomic mass is 16.2. The summed E-state index contributed by atoms with van der Waals surface area (Å²) >= 11 is 0. The topological polar surface area (TPSA) is 116 Å². The lowest BCUT2D eigenvalue weighted by Gasteiger charge is -2.09. The zero-order valence-corrected chi connectivity index (χ0v) is 16.0. The molecule has 0 atom stereocenters. The number of nitrogens with one attached hydrogen (secondary N) is 4. The summed E-state index contributed by atoms with van der Waals surface area (Å²) in [5.74, 6) is -0.263. The Hall–Kier alpha value is -3.94. The third-order valence-corrected chi connectivity index (χ3v) is 4.57. The molecule has 0 bridgehead atoms. The normalized spacial score (nSPS) is 10.8. The minimum Gasteiger partial charge on any atom is -0.343 e. The lowest BCUT2D eigenvalue weighted by atomic mass is 10.1. The van der Waals surface area contributed by atoms with Gasteiger partial charge < -0.3 is 20.6 Å². The van der Waals surface area contributed by atoms with Crippen LogP contribution < -0.4 is 10.6 Å². The van der Waals surface area contributed by atoms with E-state index in [1.165, 1.54) is 6.33 Å². The number of carbonyl (C=O) groups is 2. The SMILES string of the molecule is Cc1ccc(NC(=O)c2nc[nH]c2C(=O)NCc2nc3ccccc3[nH]2)c(C)c1. The summed E-state index contributed by atoms with van der Waals surface area (Å²) in [7, 11) is 0. The van der Waals surface area contributed by atoms with Gasteiger partial charge in [-0.3, -0.25) is 9.59 Å². The van der Waals surface area contributed by atoms with Crippen molar-refractivity contribution in [1.82, 2.24) is 25.3 Å². The third-order valence-electron chi connectivity index (χ3n) is 4.57. The van der Waals surface area contributed by atoms with Crippen molar-refractivity contribution < 1.29 is 9.59 Å². The van der Waals surface area contributed by atoms with E-state index in [0.717, 1.165) is 22.2 Å². The zero-order chi connectivity index (χ0) is 20.4. The van der Waals surface area contributed by atoms with Gasteiger partial charge in [0.15, 0.2) is 5.69 Å². The van der Waals surface area contributed by atoms with Crippen LogP contribution in [0.25, 0.3) is 11.0 Å². The minimum absolute atomic E-state index is 0.0343. The largest absolute Gasteiger partial charge is 0.343 e. The van der Waals surface area contributed by atoms with Gasteiger partial charge in [-0.25, -0.2) is 9.97 Å². The van der Waals surface area contributed by atoms with E-state index in [9.17, 15) is 9.59 Å². The van der Waals surface area contributed by atoms with Crippen LogP contribution >= 0.6 is 0 Å². The fourth-order valence-corrected chi connectivity index (χ4v) is 3.12. The Labute approximate surface area is 166 Å². The minimum atomic E-state index is -0.452. The molecule has 29 heavy (non-hydrogen) atoms. The molecule has 0 unspecified atom stereocenters. The molecule has 0 radical (unpaired) electrons. The lowest BCUT2D eigenvalue weighted by molar-refractivity contribution is 0.0932. The number of anilines is 1. The van der Waals surface area contributed by atoms with E-state index < -0.39 is 11.8 Å². The fourth-order valence-electron chi connectivity index (χ4n) is 3.12. The van der Waals surface area contributed by atoms with E-state index in [0.29, 0.717) is 11.5 Å². The summed E-state index contributed by atoms with van der Waals surface area (Å²) in [4.78, 5) is 39.5. The molecule has 4 N–H and O–H groups in total. The molecule has 2 heterocycles. The van der Waals surface area contributed by atoms with Crippen LogP contribution in [-0.2, 0) is 6.54 Å². The Morgan fingerprint density at radius 2 is 1.90 bits per heavy atom. The number of carbonyl (C=O) groups excluding carboxylic acids is 2. The van der Waals surface area contributed by atoms with E-state index in [-0.39, 0.29) is 17.9 Å². The van der Waals surface area contributed by atoms with Crippen molar-refractivity contribution in [2.75, 3.05) is 5.32 Å². The maximum absolute atomic E-state index is 12.6. The standard InChI is InChI=1S/C21H20N6O2/c1-12-7-8-14(13(2)9-12)27-21(29)19-18(23-11-24-19)20(28)22-10-17-25-15-5-3-4-6-16(15)26-17/h3-9,11H,10H2,1-2H3,(H,22,28)(H,23,24)(H,25,26)(H,27,29). The molecule has 0 saturated carbocycles. The van der Waals surface area contributed by atoms with Crippen molar-refractivity contribution in [1.29, 1.82) is 0 Å². The molecule has 0 aliphatic rings. The zero-order valence-electron chi connectivity index (χ0n) is 16.0. The highest BCUT2D eigenvalue weighted by Gasteiger charge is 2.21. The summed E-state index contributed by atoms with van der Waals surface area (Å²) in [5, 5.41) is 5.56. The van der Waals surface area contributed by atoms with Crippen molar-refractivity contribution in [3.05, 3.63) is 77.1 Å². The van der Waals surface area contributed by atoms with Crippen molar-refractivity contribution >= 4 is 28.5 Å². The molecule has 0 aliphatic carbocycles. The van der Waals surface area contributed by atoms with Gasteiger partial charge in [-0.15, -0.1) is 0 Å². The van der Waals surface area contributed by atoms with Crippen molar-refractivity contribution in [3.8, 4) is 0 Å². The van der Waals surface area contributed by atoms with Crippen LogP contribution in [0.4, 0.5) is 5.69 Å². The number of rotatable bonds is 5. The summed E-state index contributed by atoms with van der Waals surface area (Å²) in [6.45, 7) is 4.09. The number of benzene rings is 2. The number of nitrogens with zero attached hydrogens (tertiary/aromatic N) is 2. The van der Waals surface area contributed by atoms with Crippen LogP contribution in [-0.4, -0.2) is 31.8 Å².